The van der Waals surface area contributed by atoms with Crippen LogP contribution < -0.4 is 0 Å². The normalized spacial score (nSPS) is 10.8. The van der Waals surface area contributed by atoms with Crippen LogP contribution in [0.25, 0.3) is 12.2 Å². The van der Waals surface area contributed by atoms with Gasteiger partial charge in [-0.3, -0.25) is 9.59 Å². The van der Waals surface area contributed by atoms with E-state index in [1.165, 1.54) is 23.5 Å². The summed E-state index contributed by atoms with van der Waals surface area (Å²) in [6.07, 6.45) is 4.08. The van der Waals surface area contributed by atoms with Gasteiger partial charge in [0.1, 0.15) is 0 Å². The average Bonchev–Trinajstić information content (AvgIpc) is 2.62. The predicted octanol–water partition coefficient (Wildman–Crippen LogP) is 6.56. The largest absolute Gasteiger partial charge is 0.282 e. The Morgan fingerprint density at radius 3 is 1.85 bits per heavy atom. The summed E-state index contributed by atoms with van der Waals surface area (Å²) in [7, 11) is 0. The second-order valence-corrected chi connectivity index (χ2v) is 8.35. The fourth-order valence-electron chi connectivity index (χ4n) is 2.12. The minimum atomic E-state index is -0.0167. The molecule has 0 aliphatic carbocycles. The van der Waals surface area contributed by atoms with Gasteiger partial charge in [-0.1, -0.05) is 43.5 Å². The van der Waals surface area contributed by atoms with Crippen LogP contribution in [0, 0.1) is 6.92 Å². The molecule has 4 heteroatoms. The molecule has 0 N–H and O–H groups in total. The molecule has 2 aromatic rings. The molecule has 2 aromatic carbocycles. The van der Waals surface area contributed by atoms with Crippen molar-refractivity contribution in [3.63, 3.8) is 0 Å². The zero-order valence-electron chi connectivity index (χ0n) is 15.7. The third kappa shape index (κ3) is 6.42. The van der Waals surface area contributed by atoms with Crippen LogP contribution in [-0.2, 0) is 9.59 Å². The minimum absolute atomic E-state index is 0.0132. The lowest BCUT2D eigenvalue weighted by Crippen LogP contribution is -1.91. The number of thioether (sulfide) groups is 2. The Bertz CT molecular complexity index is 922. The highest BCUT2D eigenvalue weighted by Crippen LogP contribution is 2.26. The van der Waals surface area contributed by atoms with Crippen molar-refractivity contribution in [2.45, 2.75) is 30.6 Å². The summed E-state index contributed by atoms with van der Waals surface area (Å²) in [4.78, 5) is 25.3. The van der Waals surface area contributed by atoms with E-state index in [1.54, 1.807) is 13.8 Å². The molecule has 0 aliphatic heterocycles. The topological polar surface area (TPSA) is 34.1 Å². The Balaban J connectivity index is 2.07. The van der Waals surface area contributed by atoms with Crippen LogP contribution in [0.15, 0.2) is 76.6 Å². The lowest BCUT2D eigenvalue weighted by atomic mass is 10.1. The molecule has 0 heterocycles. The van der Waals surface area contributed by atoms with Crippen LogP contribution in [0.3, 0.4) is 0 Å². The molecule has 0 atom stereocenters. The smallest absolute Gasteiger partial charge is 0.219 e. The molecular weight excluding hydrogens is 372 g/mol. The molecule has 0 fully saturated rings. The van der Waals surface area contributed by atoms with Crippen molar-refractivity contribution in [2.24, 2.45) is 0 Å². The van der Waals surface area contributed by atoms with Crippen LogP contribution in [0.2, 0.25) is 0 Å². The Morgan fingerprint density at radius 1 is 0.815 bits per heavy atom. The fraction of sp³-hybridized carbons (Fsp3) is 0.130. The Labute approximate surface area is 169 Å². The number of carbonyl (C=O) groups is 2. The van der Waals surface area contributed by atoms with Crippen LogP contribution >= 0.6 is 23.5 Å². The molecule has 27 heavy (non-hydrogen) atoms. The third-order valence-electron chi connectivity index (χ3n) is 3.69. The number of rotatable bonds is 6. The maximum atomic E-state index is 11.8. The average molecular weight is 395 g/mol. The molecule has 0 saturated heterocycles. The number of hydrogen-bond acceptors (Lipinski definition) is 4. The fourth-order valence-corrected chi connectivity index (χ4v) is 3.54. The number of benzene rings is 2. The van der Waals surface area contributed by atoms with E-state index in [1.807, 2.05) is 61.5 Å². The van der Waals surface area contributed by atoms with Crippen molar-refractivity contribution in [1.29, 1.82) is 0 Å². The summed E-state index contributed by atoms with van der Waals surface area (Å²) in [6, 6.07) is 13.8. The first-order chi connectivity index (χ1) is 12.8. The maximum Gasteiger partial charge on any atom is 0.219 e. The van der Waals surface area contributed by atoms with E-state index in [-0.39, 0.29) is 10.2 Å². The van der Waals surface area contributed by atoms with Gasteiger partial charge in [-0.2, -0.15) is 0 Å². The van der Waals surface area contributed by atoms with Gasteiger partial charge in [0.25, 0.3) is 0 Å². The molecule has 0 amide bonds. The second kappa shape index (κ2) is 9.58. The molecule has 2 rings (SSSR count). The van der Waals surface area contributed by atoms with Crippen molar-refractivity contribution in [2.75, 3.05) is 0 Å². The summed E-state index contributed by atoms with van der Waals surface area (Å²) in [5.41, 5.74) is 4.35. The number of aryl methyl sites for hydroxylation is 1. The lowest BCUT2D eigenvalue weighted by molar-refractivity contribution is -0.108. The Hall–Kier alpha value is -2.30. The maximum absolute atomic E-state index is 11.8. The molecule has 0 unspecified atom stereocenters. The highest BCUT2D eigenvalue weighted by molar-refractivity contribution is 8.14. The van der Waals surface area contributed by atoms with Crippen molar-refractivity contribution in [3.8, 4) is 0 Å². The van der Waals surface area contributed by atoms with Crippen molar-refractivity contribution in [3.05, 3.63) is 83.5 Å². The molecule has 0 spiro atoms. The molecule has 0 saturated carbocycles. The summed E-state index contributed by atoms with van der Waals surface area (Å²) in [6.45, 7) is 12.8. The highest BCUT2D eigenvalue weighted by Gasteiger charge is 2.07. The summed E-state index contributed by atoms with van der Waals surface area (Å²) in [5, 5.41) is -0.0298. The third-order valence-corrected chi connectivity index (χ3v) is 5.76. The number of hydrogen-bond donors (Lipinski definition) is 0. The number of carbonyl (C=O) groups excluding carboxylic acids is 2. The Kier molecular flexibility index (Phi) is 7.45. The molecular formula is C23H22O2S2. The summed E-state index contributed by atoms with van der Waals surface area (Å²) < 4.78 is 0. The summed E-state index contributed by atoms with van der Waals surface area (Å²) in [5.74, 6) is 0. The summed E-state index contributed by atoms with van der Waals surface area (Å²) >= 11 is 2.39. The van der Waals surface area contributed by atoms with E-state index in [9.17, 15) is 9.59 Å². The first-order valence-electron chi connectivity index (χ1n) is 8.40. The van der Waals surface area contributed by atoms with Crippen molar-refractivity contribution < 1.29 is 9.59 Å². The molecule has 0 bridgehead atoms. The molecule has 0 radical (unpaired) electrons. The van der Waals surface area contributed by atoms with E-state index in [0.717, 1.165) is 26.5 Å². The monoisotopic (exact) mass is 394 g/mol. The van der Waals surface area contributed by atoms with Crippen LogP contribution in [0.4, 0.5) is 0 Å². The van der Waals surface area contributed by atoms with Gasteiger partial charge in [-0.15, -0.1) is 0 Å². The van der Waals surface area contributed by atoms with Crippen LogP contribution in [0.1, 0.15) is 30.5 Å². The molecule has 2 nitrogen and oxygen atoms in total. The van der Waals surface area contributed by atoms with E-state index < -0.39 is 0 Å². The van der Waals surface area contributed by atoms with Gasteiger partial charge < -0.3 is 0 Å². The van der Waals surface area contributed by atoms with E-state index >= 15 is 0 Å². The lowest BCUT2D eigenvalue weighted by Gasteiger charge is -2.05. The van der Waals surface area contributed by atoms with Gasteiger partial charge in [0.15, 0.2) is 0 Å². The van der Waals surface area contributed by atoms with Crippen LogP contribution in [-0.4, -0.2) is 10.2 Å². The van der Waals surface area contributed by atoms with Gasteiger partial charge in [-0.25, -0.2) is 0 Å². The van der Waals surface area contributed by atoms with Crippen LogP contribution in [0.5, 0.6) is 0 Å². The second-order valence-electron chi connectivity index (χ2n) is 6.26. The van der Waals surface area contributed by atoms with Gasteiger partial charge in [0.2, 0.25) is 10.2 Å². The van der Waals surface area contributed by atoms with Gasteiger partial charge in [0, 0.05) is 9.79 Å². The molecule has 138 valence electrons. The standard InChI is InChI=1S/C23H22O2S2/c1-15(2)22(24)26-20-11-7-18(8-12-20)6-9-19-10-13-21(14-17(19)5)27-23(25)16(3)4/h6-14H,1,3H2,2,4-5H3. The minimum Gasteiger partial charge on any atom is -0.282 e. The van der Waals surface area contributed by atoms with E-state index in [2.05, 4.69) is 13.2 Å². The van der Waals surface area contributed by atoms with E-state index in [4.69, 9.17) is 0 Å². The van der Waals surface area contributed by atoms with E-state index in [0.29, 0.717) is 11.1 Å². The SMILES string of the molecule is C=C(C)C(=O)Sc1ccc(C=Cc2ccc(SC(=O)C(=C)C)cc2C)cc1. The first kappa shape index (κ1) is 21.0. The van der Waals surface area contributed by atoms with Crippen molar-refractivity contribution in [1.82, 2.24) is 0 Å². The molecule has 0 aromatic heterocycles. The predicted molar refractivity (Wildman–Crippen MR) is 118 cm³/mol. The zero-order chi connectivity index (χ0) is 20.0. The first-order valence-corrected chi connectivity index (χ1v) is 10.0. The van der Waals surface area contributed by atoms with Gasteiger partial charge in [0.05, 0.1) is 0 Å². The van der Waals surface area contributed by atoms with Crippen molar-refractivity contribution >= 4 is 45.9 Å². The van der Waals surface area contributed by atoms with Gasteiger partial charge >= 0.3 is 0 Å². The Morgan fingerprint density at radius 2 is 1.33 bits per heavy atom. The zero-order valence-corrected chi connectivity index (χ0v) is 17.4. The molecule has 0 aliphatic rings. The highest BCUT2D eigenvalue weighted by atomic mass is 32.2. The quantitative estimate of drug-likeness (QED) is 0.316. The van der Waals surface area contributed by atoms with Gasteiger partial charge in [-0.05, 0) is 96.4 Å².